The van der Waals surface area contributed by atoms with Crippen LogP contribution in [0, 0.1) is 0 Å². The SMILES string of the molecule is CNC(=O)c1cccc(Nc2c(N)c(=O)c2=O)c1O. The minimum Gasteiger partial charge on any atom is -0.505 e. The number of para-hydroxylation sites is 1. The van der Waals surface area contributed by atoms with Crippen molar-refractivity contribution in [2.24, 2.45) is 0 Å². The maximum Gasteiger partial charge on any atom is 0.254 e. The minimum absolute atomic E-state index is 0.0461. The van der Waals surface area contributed by atoms with Gasteiger partial charge >= 0.3 is 0 Å². The predicted octanol–water partition coefficient (Wildman–Crippen LogP) is -0.326. The molecule has 0 saturated heterocycles. The van der Waals surface area contributed by atoms with Crippen molar-refractivity contribution in [2.75, 3.05) is 18.1 Å². The van der Waals surface area contributed by atoms with Gasteiger partial charge in [0.1, 0.15) is 11.4 Å². The van der Waals surface area contributed by atoms with Gasteiger partial charge in [0.2, 0.25) is 0 Å². The van der Waals surface area contributed by atoms with Gasteiger partial charge in [0, 0.05) is 7.05 Å². The third-order valence-electron chi connectivity index (χ3n) is 2.71. The molecule has 0 radical (unpaired) electrons. The number of rotatable bonds is 3. The average Bonchev–Trinajstić information content (AvgIpc) is 2.44. The Kier molecular flexibility index (Phi) is 2.95. The molecule has 0 unspecified atom stereocenters. The maximum absolute atomic E-state index is 11.5. The fraction of sp³-hybridized carbons (Fsp3) is 0.0833. The third kappa shape index (κ3) is 1.90. The molecule has 2 rings (SSSR count). The first-order chi connectivity index (χ1) is 8.97. The topological polar surface area (TPSA) is 122 Å². The van der Waals surface area contributed by atoms with E-state index in [1.165, 1.54) is 25.2 Å². The Bertz CT molecular complexity index is 729. The molecule has 0 heterocycles. The van der Waals surface area contributed by atoms with Crippen LogP contribution in [0.15, 0.2) is 27.8 Å². The van der Waals surface area contributed by atoms with E-state index in [1.807, 2.05) is 0 Å². The molecule has 0 saturated carbocycles. The Labute approximate surface area is 107 Å². The first-order valence-corrected chi connectivity index (χ1v) is 5.37. The number of hydrogen-bond acceptors (Lipinski definition) is 6. The lowest BCUT2D eigenvalue weighted by Crippen LogP contribution is -2.36. The van der Waals surface area contributed by atoms with Crippen LogP contribution in [0.3, 0.4) is 0 Å². The number of nitrogen functional groups attached to an aromatic ring is 1. The van der Waals surface area contributed by atoms with Gasteiger partial charge in [-0.2, -0.15) is 0 Å². The molecule has 0 aliphatic heterocycles. The van der Waals surface area contributed by atoms with Gasteiger partial charge in [-0.25, -0.2) is 0 Å². The molecule has 0 aliphatic carbocycles. The van der Waals surface area contributed by atoms with Gasteiger partial charge < -0.3 is 21.5 Å². The fourth-order valence-electron chi connectivity index (χ4n) is 1.63. The molecule has 7 heteroatoms. The number of nitrogens with two attached hydrogens (primary N) is 1. The van der Waals surface area contributed by atoms with E-state index in [4.69, 9.17) is 5.73 Å². The summed E-state index contributed by atoms with van der Waals surface area (Å²) in [7, 11) is 1.43. The van der Waals surface area contributed by atoms with Gasteiger partial charge in [-0.15, -0.1) is 0 Å². The third-order valence-corrected chi connectivity index (χ3v) is 2.71. The summed E-state index contributed by atoms with van der Waals surface area (Å²) >= 11 is 0. The van der Waals surface area contributed by atoms with Gasteiger partial charge in [-0.3, -0.25) is 14.4 Å². The molecule has 0 aliphatic rings. The summed E-state index contributed by atoms with van der Waals surface area (Å²) in [6.07, 6.45) is 0. The van der Waals surface area contributed by atoms with Crippen molar-refractivity contribution in [1.29, 1.82) is 0 Å². The lowest BCUT2D eigenvalue weighted by atomic mass is 10.1. The quantitative estimate of drug-likeness (QED) is 0.443. The van der Waals surface area contributed by atoms with E-state index >= 15 is 0 Å². The fourth-order valence-corrected chi connectivity index (χ4v) is 1.63. The van der Waals surface area contributed by atoms with Crippen molar-refractivity contribution in [1.82, 2.24) is 5.32 Å². The van der Waals surface area contributed by atoms with E-state index in [-0.39, 0.29) is 28.4 Å². The van der Waals surface area contributed by atoms with Crippen molar-refractivity contribution in [2.45, 2.75) is 0 Å². The Balaban J connectivity index is 2.40. The monoisotopic (exact) mass is 261 g/mol. The molecule has 2 aromatic rings. The molecule has 19 heavy (non-hydrogen) atoms. The molecular weight excluding hydrogens is 250 g/mol. The number of benzene rings is 1. The Morgan fingerprint density at radius 2 is 1.95 bits per heavy atom. The lowest BCUT2D eigenvalue weighted by Gasteiger charge is -2.13. The second kappa shape index (κ2) is 4.45. The Hall–Kier alpha value is -2.83. The van der Waals surface area contributed by atoms with Gasteiger partial charge in [0.05, 0.1) is 11.3 Å². The summed E-state index contributed by atoms with van der Waals surface area (Å²) in [6, 6.07) is 4.40. The number of anilines is 3. The lowest BCUT2D eigenvalue weighted by molar-refractivity contribution is 0.0960. The summed E-state index contributed by atoms with van der Waals surface area (Å²) < 4.78 is 0. The van der Waals surface area contributed by atoms with Gasteiger partial charge in [0.15, 0.2) is 5.75 Å². The Morgan fingerprint density at radius 1 is 1.26 bits per heavy atom. The summed E-state index contributed by atoms with van der Waals surface area (Å²) in [4.78, 5) is 33.7. The molecule has 0 atom stereocenters. The summed E-state index contributed by atoms with van der Waals surface area (Å²) in [5.74, 6) is -0.798. The standard InChI is InChI=1S/C12H11N3O4/c1-14-12(19)5-3-2-4-6(9(5)16)15-8-7(13)10(17)11(8)18/h2-4,15-16H,13H2,1H3,(H,14,19). The second-order valence-corrected chi connectivity index (χ2v) is 3.85. The highest BCUT2D eigenvalue weighted by Crippen LogP contribution is 2.30. The zero-order chi connectivity index (χ0) is 14.2. The first kappa shape index (κ1) is 12.6. The molecule has 0 aromatic heterocycles. The van der Waals surface area contributed by atoms with Crippen LogP contribution < -0.4 is 27.2 Å². The van der Waals surface area contributed by atoms with Gasteiger partial charge in [0.25, 0.3) is 16.8 Å². The number of amides is 1. The molecule has 2 aromatic carbocycles. The van der Waals surface area contributed by atoms with E-state index < -0.39 is 16.8 Å². The van der Waals surface area contributed by atoms with Crippen LogP contribution in [0.1, 0.15) is 10.4 Å². The van der Waals surface area contributed by atoms with E-state index in [0.29, 0.717) is 0 Å². The van der Waals surface area contributed by atoms with Gasteiger partial charge in [-0.05, 0) is 12.1 Å². The summed E-state index contributed by atoms with van der Waals surface area (Å²) in [6.45, 7) is 0. The van der Waals surface area contributed by atoms with Crippen molar-refractivity contribution in [3.8, 4) is 5.75 Å². The zero-order valence-electron chi connectivity index (χ0n) is 9.98. The van der Waals surface area contributed by atoms with Crippen LogP contribution in [-0.4, -0.2) is 18.1 Å². The normalized spacial score (nSPS) is 10.4. The average molecular weight is 261 g/mol. The molecule has 5 N–H and O–H groups in total. The van der Waals surface area contributed by atoms with E-state index in [0.717, 1.165) is 0 Å². The van der Waals surface area contributed by atoms with Crippen LogP contribution in [0.2, 0.25) is 0 Å². The number of phenolic OH excluding ortho intramolecular Hbond substituents is 1. The van der Waals surface area contributed by atoms with E-state index in [1.54, 1.807) is 0 Å². The number of carbonyl (C=O) groups is 1. The molecular formula is C12H11N3O4. The maximum atomic E-state index is 11.5. The van der Waals surface area contributed by atoms with Crippen molar-refractivity contribution in [3.05, 3.63) is 44.2 Å². The highest BCUT2D eigenvalue weighted by Gasteiger charge is 2.20. The van der Waals surface area contributed by atoms with Crippen molar-refractivity contribution >= 4 is 23.0 Å². The summed E-state index contributed by atoms with van der Waals surface area (Å²) in [5, 5.41) is 14.8. The van der Waals surface area contributed by atoms with Crippen LogP contribution in [0.5, 0.6) is 5.75 Å². The highest BCUT2D eigenvalue weighted by molar-refractivity contribution is 5.99. The molecule has 98 valence electrons. The van der Waals surface area contributed by atoms with Crippen LogP contribution in [-0.2, 0) is 0 Å². The summed E-state index contributed by atoms with van der Waals surface area (Å²) in [5.41, 5.74) is 3.77. The minimum atomic E-state index is -0.760. The second-order valence-electron chi connectivity index (χ2n) is 3.85. The van der Waals surface area contributed by atoms with Crippen LogP contribution in [0.4, 0.5) is 17.1 Å². The number of nitrogens with one attached hydrogen (secondary N) is 2. The Morgan fingerprint density at radius 3 is 2.53 bits per heavy atom. The van der Waals surface area contributed by atoms with E-state index in [9.17, 15) is 19.5 Å². The number of hydrogen-bond donors (Lipinski definition) is 4. The molecule has 0 fully saturated rings. The van der Waals surface area contributed by atoms with Crippen molar-refractivity contribution < 1.29 is 9.90 Å². The molecule has 1 amide bonds. The van der Waals surface area contributed by atoms with Crippen molar-refractivity contribution in [3.63, 3.8) is 0 Å². The molecule has 7 nitrogen and oxygen atoms in total. The number of carbonyl (C=O) groups excluding carboxylic acids is 1. The highest BCUT2D eigenvalue weighted by atomic mass is 16.3. The van der Waals surface area contributed by atoms with E-state index in [2.05, 4.69) is 10.6 Å². The molecule has 0 bridgehead atoms. The van der Waals surface area contributed by atoms with Gasteiger partial charge in [-0.1, -0.05) is 6.07 Å². The predicted molar refractivity (Wildman–Crippen MR) is 70.5 cm³/mol. The van der Waals surface area contributed by atoms with Crippen LogP contribution >= 0.6 is 0 Å². The van der Waals surface area contributed by atoms with Crippen LogP contribution in [0.25, 0.3) is 0 Å². The first-order valence-electron chi connectivity index (χ1n) is 5.37. The zero-order valence-corrected chi connectivity index (χ0v) is 9.98. The largest absolute Gasteiger partial charge is 0.505 e. The number of aromatic hydroxyl groups is 1. The smallest absolute Gasteiger partial charge is 0.254 e. The number of phenols is 1. The molecule has 0 spiro atoms.